The third kappa shape index (κ3) is 5.32. The van der Waals surface area contributed by atoms with E-state index in [1.54, 1.807) is 0 Å². The van der Waals surface area contributed by atoms with Crippen molar-refractivity contribution in [3.05, 3.63) is 29.3 Å². The van der Waals surface area contributed by atoms with Crippen LogP contribution in [0.25, 0.3) is 0 Å². The third-order valence-corrected chi connectivity index (χ3v) is 6.31. The fourth-order valence-corrected chi connectivity index (χ4v) is 4.60. The lowest BCUT2D eigenvalue weighted by molar-refractivity contribution is -0.108. The van der Waals surface area contributed by atoms with Gasteiger partial charge >= 0.3 is 0 Å². The fraction of sp³-hybridized carbons (Fsp3) is 0.696. The number of hydrogen-bond acceptors (Lipinski definition) is 4. The maximum Gasteiger partial charge on any atom is 0.122 e. The highest BCUT2D eigenvalue weighted by atomic mass is 16.5. The maximum absolute atomic E-state index is 10.9. The van der Waals surface area contributed by atoms with E-state index >= 15 is 0 Å². The molecule has 150 valence electrons. The van der Waals surface area contributed by atoms with Gasteiger partial charge in [-0.15, -0.1) is 0 Å². The zero-order chi connectivity index (χ0) is 19.1. The molecule has 2 aliphatic rings. The molecule has 4 heteroatoms. The number of likely N-dealkylation sites (tertiary alicyclic amines) is 1. The SMILES string of the molecule is CCCCN(CC)CCC1CC(c2ccc3c(c2)OCC3)CN1CCC=O. The van der Waals surface area contributed by atoms with Crippen LogP contribution in [0.5, 0.6) is 5.75 Å². The van der Waals surface area contributed by atoms with Gasteiger partial charge in [-0.3, -0.25) is 4.90 Å². The number of benzene rings is 1. The zero-order valence-corrected chi connectivity index (χ0v) is 17.2. The van der Waals surface area contributed by atoms with Crippen molar-refractivity contribution in [2.24, 2.45) is 0 Å². The molecule has 1 aromatic carbocycles. The molecule has 27 heavy (non-hydrogen) atoms. The van der Waals surface area contributed by atoms with Crippen LogP contribution in [0.1, 0.15) is 63.0 Å². The van der Waals surface area contributed by atoms with Crippen LogP contribution in [0.3, 0.4) is 0 Å². The predicted octanol–water partition coefficient (Wildman–Crippen LogP) is 3.88. The van der Waals surface area contributed by atoms with E-state index in [2.05, 4.69) is 41.8 Å². The van der Waals surface area contributed by atoms with E-state index in [4.69, 9.17) is 4.74 Å². The van der Waals surface area contributed by atoms with E-state index in [0.29, 0.717) is 18.4 Å². The maximum atomic E-state index is 10.9. The van der Waals surface area contributed by atoms with Gasteiger partial charge in [-0.1, -0.05) is 32.4 Å². The van der Waals surface area contributed by atoms with Crippen LogP contribution in [0.4, 0.5) is 0 Å². The van der Waals surface area contributed by atoms with Crippen LogP contribution in [-0.4, -0.2) is 61.5 Å². The average Bonchev–Trinajstić information content (AvgIpc) is 3.32. The number of rotatable bonds is 11. The van der Waals surface area contributed by atoms with Gasteiger partial charge in [-0.2, -0.15) is 0 Å². The summed E-state index contributed by atoms with van der Waals surface area (Å²) in [6.07, 6.45) is 7.69. The molecule has 2 atom stereocenters. The molecule has 1 fully saturated rings. The first-order valence-corrected chi connectivity index (χ1v) is 10.9. The molecule has 0 aromatic heterocycles. The predicted molar refractivity (Wildman–Crippen MR) is 111 cm³/mol. The first-order valence-electron chi connectivity index (χ1n) is 10.9. The third-order valence-electron chi connectivity index (χ3n) is 6.31. The number of hydrogen-bond donors (Lipinski definition) is 0. The summed E-state index contributed by atoms with van der Waals surface area (Å²) < 4.78 is 5.78. The van der Waals surface area contributed by atoms with Crippen LogP contribution < -0.4 is 4.74 Å². The Balaban J connectivity index is 1.62. The number of fused-ring (bicyclic) bond motifs is 1. The minimum absolute atomic E-state index is 0.557. The number of aldehydes is 1. The zero-order valence-electron chi connectivity index (χ0n) is 17.2. The Morgan fingerprint density at radius 1 is 1.30 bits per heavy atom. The second kappa shape index (κ2) is 10.2. The number of carbonyl (C=O) groups is 1. The standard InChI is InChI=1S/C23H36N2O2/c1-3-5-11-24(4-2)13-9-22-16-21(18-25(22)12-6-14-26)20-8-7-19-10-15-27-23(19)17-20/h7-8,14,17,21-22H,3-6,9-13,15-16,18H2,1-2H3. The monoisotopic (exact) mass is 372 g/mol. The van der Waals surface area contributed by atoms with E-state index in [9.17, 15) is 4.79 Å². The Bertz CT molecular complexity index is 604. The van der Waals surface area contributed by atoms with Crippen molar-refractivity contribution < 1.29 is 9.53 Å². The molecule has 1 aromatic rings. The van der Waals surface area contributed by atoms with Crippen molar-refractivity contribution in [1.82, 2.24) is 9.80 Å². The van der Waals surface area contributed by atoms with Gasteiger partial charge in [0.2, 0.25) is 0 Å². The normalized spacial score (nSPS) is 22.2. The van der Waals surface area contributed by atoms with Gasteiger partial charge in [0.05, 0.1) is 6.61 Å². The first-order chi connectivity index (χ1) is 13.2. The van der Waals surface area contributed by atoms with Crippen LogP contribution >= 0.6 is 0 Å². The molecule has 2 heterocycles. The summed E-state index contributed by atoms with van der Waals surface area (Å²) in [7, 11) is 0. The smallest absolute Gasteiger partial charge is 0.122 e. The summed E-state index contributed by atoms with van der Waals surface area (Å²) in [4.78, 5) is 16.1. The average molecular weight is 373 g/mol. The minimum Gasteiger partial charge on any atom is -0.493 e. The van der Waals surface area contributed by atoms with Gasteiger partial charge in [0.25, 0.3) is 0 Å². The highest BCUT2D eigenvalue weighted by Crippen LogP contribution is 2.36. The van der Waals surface area contributed by atoms with Gasteiger partial charge < -0.3 is 14.4 Å². The second-order valence-electron chi connectivity index (χ2n) is 8.08. The van der Waals surface area contributed by atoms with Gasteiger partial charge in [0.1, 0.15) is 12.0 Å². The van der Waals surface area contributed by atoms with Crippen molar-refractivity contribution >= 4 is 6.29 Å². The van der Waals surface area contributed by atoms with Crippen LogP contribution in [-0.2, 0) is 11.2 Å². The molecule has 2 unspecified atom stereocenters. The summed E-state index contributed by atoms with van der Waals surface area (Å²) in [5.74, 6) is 1.65. The molecular formula is C23H36N2O2. The molecule has 1 saturated heterocycles. The largest absolute Gasteiger partial charge is 0.493 e. The Labute approximate surface area is 164 Å². The van der Waals surface area contributed by atoms with Crippen molar-refractivity contribution in [3.8, 4) is 5.75 Å². The van der Waals surface area contributed by atoms with E-state index in [1.807, 2.05) is 0 Å². The Morgan fingerprint density at radius 2 is 2.19 bits per heavy atom. The molecule has 0 amide bonds. The van der Waals surface area contributed by atoms with Gasteiger partial charge in [0.15, 0.2) is 0 Å². The topological polar surface area (TPSA) is 32.8 Å². The fourth-order valence-electron chi connectivity index (χ4n) is 4.60. The molecular weight excluding hydrogens is 336 g/mol. The number of nitrogens with zero attached hydrogens (tertiary/aromatic N) is 2. The Kier molecular flexibility index (Phi) is 7.71. The van der Waals surface area contributed by atoms with Crippen molar-refractivity contribution in [3.63, 3.8) is 0 Å². The molecule has 0 radical (unpaired) electrons. The quantitative estimate of drug-likeness (QED) is 0.552. The highest BCUT2D eigenvalue weighted by Gasteiger charge is 2.33. The van der Waals surface area contributed by atoms with Crippen LogP contribution in [0.15, 0.2) is 18.2 Å². The number of ether oxygens (including phenoxy) is 1. The molecule has 0 saturated carbocycles. The molecule has 0 aliphatic carbocycles. The lowest BCUT2D eigenvalue weighted by Crippen LogP contribution is -2.35. The molecule has 0 N–H and O–H groups in total. The van der Waals surface area contributed by atoms with Crippen molar-refractivity contribution in [2.45, 2.75) is 64.3 Å². The minimum atomic E-state index is 0.557. The molecule has 3 rings (SSSR count). The second-order valence-corrected chi connectivity index (χ2v) is 8.08. The Morgan fingerprint density at radius 3 is 2.96 bits per heavy atom. The number of unbranched alkanes of at least 4 members (excludes halogenated alkanes) is 1. The van der Waals surface area contributed by atoms with Gasteiger partial charge in [-0.05, 0) is 62.0 Å². The Hall–Kier alpha value is -1.39. The van der Waals surface area contributed by atoms with E-state index < -0.39 is 0 Å². The summed E-state index contributed by atoms with van der Waals surface area (Å²) in [5.41, 5.74) is 2.76. The summed E-state index contributed by atoms with van der Waals surface area (Å²) >= 11 is 0. The summed E-state index contributed by atoms with van der Waals surface area (Å²) in [5, 5.41) is 0. The molecule has 0 bridgehead atoms. The van der Waals surface area contributed by atoms with Crippen LogP contribution in [0.2, 0.25) is 0 Å². The molecule has 0 spiro atoms. The van der Waals surface area contributed by atoms with Crippen LogP contribution in [0, 0.1) is 0 Å². The lowest BCUT2D eigenvalue weighted by Gasteiger charge is -2.27. The van der Waals surface area contributed by atoms with Gasteiger partial charge in [-0.25, -0.2) is 0 Å². The van der Waals surface area contributed by atoms with E-state index in [0.717, 1.165) is 44.7 Å². The lowest BCUT2D eigenvalue weighted by atomic mass is 9.94. The molecule has 4 nitrogen and oxygen atoms in total. The summed E-state index contributed by atoms with van der Waals surface area (Å²) in [6.45, 7) is 10.8. The van der Waals surface area contributed by atoms with E-state index in [-0.39, 0.29) is 0 Å². The van der Waals surface area contributed by atoms with Crippen molar-refractivity contribution in [1.29, 1.82) is 0 Å². The van der Waals surface area contributed by atoms with Gasteiger partial charge in [0, 0.05) is 32.0 Å². The highest BCUT2D eigenvalue weighted by molar-refractivity contribution is 5.49. The molecule has 2 aliphatic heterocycles. The first kappa shape index (κ1) is 20.3. The van der Waals surface area contributed by atoms with Crippen molar-refractivity contribution in [2.75, 3.05) is 39.3 Å². The number of carbonyl (C=O) groups excluding carboxylic acids is 1. The summed E-state index contributed by atoms with van der Waals surface area (Å²) in [6, 6.07) is 7.41. The van der Waals surface area contributed by atoms with E-state index in [1.165, 1.54) is 49.9 Å².